The molecule has 3 aromatic rings. The van der Waals surface area contributed by atoms with Crippen LogP contribution in [0.25, 0.3) is 5.69 Å². The van der Waals surface area contributed by atoms with E-state index in [1.807, 2.05) is 84.5 Å². The number of aromatic nitrogens is 1. The van der Waals surface area contributed by atoms with Gasteiger partial charge in [-0.15, -0.1) is 0 Å². The lowest BCUT2D eigenvalue weighted by Gasteiger charge is -2.25. The summed E-state index contributed by atoms with van der Waals surface area (Å²) in [4.78, 5) is 17.2. The maximum Gasteiger partial charge on any atom is 0.254 e. The van der Waals surface area contributed by atoms with Crippen molar-refractivity contribution in [2.45, 2.75) is 6.54 Å². The van der Waals surface area contributed by atoms with Gasteiger partial charge in [-0.05, 0) is 62.1 Å². The highest BCUT2D eigenvalue weighted by atomic mass is 16.2. The third kappa shape index (κ3) is 4.87. The van der Waals surface area contributed by atoms with E-state index in [9.17, 15) is 4.79 Å². The van der Waals surface area contributed by atoms with Gasteiger partial charge in [0.05, 0.1) is 11.6 Å². The zero-order valence-electron chi connectivity index (χ0n) is 16.2. The minimum Gasteiger partial charge on any atom is -0.333 e. The van der Waals surface area contributed by atoms with Crippen LogP contribution in [0.1, 0.15) is 21.5 Å². The molecule has 0 N–H and O–H groups in total. The second-order valence-electron chi connectivity index (χ2n) is 6.98. The molecule has 1 heterocycles. The lowest BCUT2D eigenvalue weighted by molar-refractivity contribution is 0.0732. The standard InChI is InChI=1S/C23H24N4O/c1-25(2)14-15-27(18-20-10-8-19(17-24)9-11-20)23(28)21-6-5-7-22(16-21)26-12-3-4-13-26/h3-13,16H,14-15,18H2,1-2H3. The fraction of sp³-hybridized carbons (Fsp3) is 0.217. The summed E-state index contributed by atoms with van der Waals surface area (Å²) in [6.45, 7) is 1.91. The molecule has 0 saturated heterocycles. The molecule has 5 heteroatoms. The number of carbonyl (C=O) groups excluding carboxylic acids is 1. The molecule has 0 fully saturated rings. The van der Waals surface area contributed by atoms with Gasteiger partial charge in [-0.1, -0.05) is 18.2 Å². The normalized spacial score (nSPS) is 10.6. The minimum atomic E-state index is 0.000200. The van der Waals surface area contributed by atoms with E-state index in [2.05, 4.69) is 11.0 Å². The Labute approximate surface area is 166 Å². The van der Waals surface area contributed by atoms with Gasteiger partial charge >= 0.3 is 0 Å². The molecule has 3 rings (SSSR count). The molecule has 0 atom stereocenters. The summed E-state index contributed by atoms with van der Waals surface area (Å²) >= 11 is 0. The van der Waals surface area contributed by atoms with Crippen LogP contribution in [-0.2, 0) is 6.54 Å². The first kappa shape index (κ1) is 19.4. The molecule has 0 bridgehead atoms. The highest BCUT2D eigenvalue weighted by Crippen LogP contribution is 2.15. The summed E-state index contributed by atoms with van der Waals surface area (Å²) in [7, 11) is 3.99. The molecule has 0 unspecified atom stereocenters. The number of hydrogen-bond donors (Lipinski definition) is 0. The van der Waals surface area contributed by atoms with E-state index in [-0.39, 0.29) is 5.91 Å². The van der Waals surface area contributed by atoms with Gasteiger partial charge in [-0.25, -0.2) is 0 Å². The lowest BCUT2D eigenvalue weighted by Crippen LogP contribution is -2.36. The van der Waals surface area contributed by atoms with E-state index in [0.29, 0.717) is 24.2 Å². The van der Waals surface area contributed by atoms with Crippen LogP contribution in [0.5, 0.6) is 0 Å². The number of likely N-dealkylation sites (N-methyl/N-ethyl adjacent to an activating group) is 1. The predicted molar refractivity (Wildman–Crippen MR) is 110 cm³/mol. The average Bonchev–Trinajstić information content (AvgIpc) is 3.26. The third-order valence-corrected chi connectivity index (χ3v) is 4.56. The van der Waals surface area contributed by atoms with E-state index in [0.717, 1.165) is 17.8 Å². The molecule has 2 aromatic carbocycles. The Kier molecular flexibility index (Phi) is 6.25. The topological polar surface area (TPSA) is 52.3 Å². The van der Waals surface area contributed by atoms with Gasteiger partial charge in [0.25, 0.3) is 5.91 Å². The summed E-state index contributed by atoms with van der Waals surface area (Å²) in [6.07, 6.45) is 3.92. The van der Waals surface area contributed by atoms with Crippen molar-refractivity contribution < 1.29 is 4.79 Å². The van der Waals surface area contributed by atoms with Crippen molar-refractivity contribution in [2.75, 3.05) is 27.2 Å². The highest BCUT2D eigenvalue weighted by molar-refractivity contribution is 5.94. The zero-order valence-corrected chi connectivity index (χ0v) is 16.2. The number of carbonyl (C=O) groups is 1. The molecule has 0 aliphatic carbocycles. The van der Waals surface area contributed by atoms with E-state index >= 15 is 0 Å². The van der Waals surface area contributed by atoms with Crippen LogP contribution in [-0.4, -0.2) is 47.5 Å². The Morgan fingerprint density at radius 1 is 1.00 bits per heavy atom. The van der Waals surface area contributed by atoms with Crippen LogP contribution in [0.2, 0.25) is 0 Å². The van der Waals surface area contributed by atoms with Crippen molar-refractivity contribution in [3.63, 3.8) is 0 Å². The quantitative estimate of drug-likeness (QED) is 0.637. The molecule has 142 valence electrons. The molecule has 1 aromatic heterocycles. The maximum atomic E-state index is 13.3. The molecule has 28 heavy (non-hydrogen) atoms. The minimum absolute atomic E-state index is 0.000200. The van der Waals surface area contributed by atoms with Crippen molar-refractivity contribution in [3.05, 3.63) is 89.7 Å². The number of amides is 1. The van der Waals surface area contributed by atoms with Gasteiger partial charge < -0.3 is 14.4 Å². The second kappa shape index (κ2) is 9.03. The summed E-state index contributed by atoms with van der Waals surface area (Å²) in [5, 5.41) is 8.97. The summed E-state index contributed by atoms with van der Waals surface area (Å²) in [5.41, 5.74) is 3.25. The van der Waals surface area contributed by atoms with E-state index in [1.165, 1.54) is 0 Å². The second-order valence-corrected chi connectivity index (χ2v) is 6.98. The van der Waals surface area contributed by atoms with E-state index in [1.54, 1.807) is 12.1 Å². The molecular formula is C23H24N4O. The number of hydrogen-bond acceptors (Lipinski definition) is 3. The molecule has 0 spiro atoms. The molecule has 0 aliphatic heterocycles. The Bertz CT molecular complexity index is 953. The van der Waals surface area contributed by atoms with Crippen LogP contribution >= 0.6 is 0 Å². The SMILES string of the molecule is CN(C)CCN(Cc1ccc(C#N)cc1)C(=O)c1cccc(-n2cccc2)c1. The highest BCUT2D eigenvalue weighted by Gasteiger charge is 2.17. The first-order chi connectivity index (χ1) is 13.6. The zero-order chi connectivity index (χ0) is 19.9. The predicted octanol–water partition coefficient (Wildman–Crippen LogP) is 3.55. The van der Waals surface area contributed by atoms with E-state index in [4.69, 9.17) is 5.26 Å². The molecule has 0 saturated carbocycles. The molecule has 5 nitrogen and oxygen atoms in total. The average molecular weight is 372 g/mol. The number of rotatable bonds is 7. The van der Waals surface area contributed by atoms with Crippen LogP contribution < -0.4 is 0 Å². The summed E-state index contributed by atoms with van der Waals surface area (Å²) in [6, 6.07) is 21.1. The molecular weight excluding hydrogens is 348 g/mol. The van der Waals surface area contributed by atoms with Crippen LogP contribution in [0.15, 0.2) is 73.1 Å². The maximum absolute atomic E-state index is 13.3. The Morgan fingerprint density at radius 2 is 1.71 bits per heavy atom. The molecule has 1 amide bonds. The van der Waals surface area contributed by atoms with Crippen molar-refractivity contribution in [3.8, 4) is 11.8 Å². The Morgan fingerprint density at radius 3 is 2.36 bits per heavy atom. The Balaban J connectivity index is 1.83. The van der Waals surface area contributed by atoms with Crippen LogP contribution in [0, 0.1) is 11.3 Å². The number of nitrogens with zero attached hydrogens (tertiary/aromatic N) is 4. The van der Waals surface area contributed by atoms with Gasteiger partial charge in [0.2, 0.25) is 0 Å². The van der Waals surface area contributed by atoms with Gasteiger partial charge in [0.1, 0.15) is 0 Å². The molecule has 0 aliphatic rings. The first-order valence-corrected chi connectivity index (χ1v) is 9.23. The van der Waals surface area contributed by atoms with Crippen LogP contribution in [0.4, 0.5) is 0 Å². The van der Waals surface area contributed by atoms with Gasteiger partial charge in [-0.3, -0.25) is 4.79 Å². The summed E-state index contributed by atoms with van der Waals surface area (Å²) in [5.74, 6) is 0.000200. The van der Waals surface area contributed by atoms with Crippen molar-refractivity contribution in [1.82, 2.24) is 14.4 Å². The van der Waals surface area contributed by atoms with Gasteiger partial charge in [0.15, 0.2) is 0 Å². The fourth-order valence-corrected chi connectivity index (χ4v) is 2.97. The van der Waals surface area contributed by atoms with Crippen molar-refractivity contribution >= 4 is 5.91 Å². The lowest BCUT2D eigenvalue weighted by atomic mass is 10.1. The first-order valence-electron chi connectivity index (χ1n) is 9.23. The van der Waals surface area contributed by atoms with Gasteiger partial charge in [0, 0.05) is 43.3 Å². The monoisotopic (exact) mass is 372 g/mol. The van der Waals surface area contributed by atoms with Crippen LogP contribution in [0.3, 0.4) is 0 Å². The largest absolute Gasteiger partial charge is 0.333 e. The van der Waals surface area contributed by atoms with Crippen molar-refractivity contribution in [1.29, 1.82) is 5.26 Å². The smallest absolute Gasteiger partial charge is 0.254 e. The summed E-state index contributed by atoms with van der Waals surface area (Å²) < 4.78 is 1.99. The van der Waals surface area contributed by atoms with E-state index < -0.39 is 0 Å². The number of nitriles is 1. The van der Waals surface area contributed by atoms with Crippen molar-refractivity contribution in [2.24, 2.45) is 0 Å². The fourth-order valence-electron chi connectivity index (χ4n) is 2.97. The third-order valence-electron chi connectivity index (χ3n) is 4.56. The Hall–Kier alpha value is -3.36. The van der Waals surface area contributed by atoms with Gasteiger partial charge in [-0.2, -0.15) is 5.26 Å². The number of benzene rings is 2. The molecule has 0 radical (unpaired) electrons.